The molecule has 0 aliphatic carbocycles. The lowest BCUT2D eigenvalue weighted by Gasteiger charge is -2.21. The van der Waals surface area contributed by atoms with Gasteiger partial charge in [-0.2, -0.15) is 0 Å². The SMILES string of the molecule is CN=C(NCc1ccc(S(=O)(=O)NC)cc1)NC1CC(C)N(Cc2ccccc2)C1.I. The fourth-order valence-electron chi connectivity index (χ4n) is 3.72. The first-order chi connectivity index (χ1) is 14.4. The Morgan fingerprint density at radius 1 is 1.10 bits per heavy atom. The van der Waals surface area contributed by atoms with E-state index in [1.54, 1.807) is 19.2 Å². The Hall–Kier alpha value is -1.69. The van der Waals surface area contributed by atoms with Crippen molar-refractivity contribution in [2.45, 2.75) is 43.4 Å². The topological polar surface area (TPSA) is 85.8 Å². The number of likely N-dealkylation sites (tertiary alicyclic amines) is 1. The van der Waals surface area contributed by atoms with Gasteiger partial charge in [0.2, 0.25) is 10.0 Å². The molecule has 7 nitrogen and oxygen atoms in total. The molecule has 3 N–H and O–H groups in total. The molecule has 0 amide bonds. The zero-order chi connectivity index (χ0) is 21.6. The van der Waals surface area contributed by atoms with Crippen LogP contribution in [0.25, 0.3) is 0 Å². The van der Waals surface area contributed by atoms with Crippen molar-refractivity contribution in [2.75, 3.05) is 20.6 Å². The quantitative estimate of drug-likeness (QED) is 0.277. The van der Waals surface area contributed by atoms with E-state index in [1.165, 1.54) is 12.6 Å². The van der Waals surface area contributed by atoms with Crippen molar-refractivity contribution in [3.05, 3.63) is 65.7 Å². The Balaban J connectivity index is 0.00000341. The lowest BCUT2D eigenvalue weighted by atomic mass is 10.2. The molecule has 2 unspecified atom stereocenters. The third kappa shape index (κ3) is 7.16. The summed E-state index contributed by atoms with van der Waals surface area (Å²) >= 11 is 0. The van der Waals surface area contributed by atoms with Crippen molar-refractivity contribution in [3.8, 4) is 0 Å². The Kier molecular flexibility index (Phi) is 9.73. The second kappa shape index (κ2) is 11.8. The zero-order valence-electron chi connectivity index (χ0n) is 18.2. The maximum absolute atomic E-state index is 11.8. The number of guanidine groups is 1. The third-order valence-electron chi connectivity index (χ3n) is 5.46. The highest BCUT2D eigenvalue weighted by atomic mass is 127. The van der Waals surface area contributed by atoms with Crippen LogP contribution in [0.3, 0.4) is 0 Å². The molecule has 0 aromatic heterocycles. The first-order valence-corrected chi connectivity index (χ1v) is 11.7. The van der Waals surface area contributed by atoms with Gasteiger partial charge in [-0.1, -0.05) is 42.5 Å². The van der Waals surface area contributed by atoms with Gasteiger partial charge in [0.05, 0.1) is 4.90 Å². The summed E-state index contributed by atoms with van der Waals surface area (Å²) in [7, 11) is -0.241. The van der Waals surface area contributed by atoms with Crippen LogP contribution in [0.5, 0.6) is 0 Å². The van der Waals surface area contributed by atoms with E-state index in [-0.39, 0.29) is 28.9 Å². The highest BCUT2D eigenvalue weighted by Gasteiger charge is 2.29. The molecule has 0 radical (unpaired) electrons. The van der Waals surface area contributed by atoms with E-state index < -0.39 is 10.0 Å². The molecule has 0 saturated carbocycles. The predicted molar refractivity (Wildman–Crippen MR) is 136 cm³/mol. The normalized spacial score (nSPS) is 19.6. The second-order valence-corrected chi connectivity index (χ2v) is 9.50. The Bertz CT molecular complexity index is 952. The summed E-state index contributed by atoms with van der Waals surface area (Å²) in [5, 5.41) is 6.84. The zero-order valence-corrected chi connectivity index (χ0v) is 21.4. The van der Waals surface area contributed by atoms with E-state index in [9.17, 15) is 8.42 Å². The molecular weight excluding hydrogens is 525 g/mol. The van der Waals surface area contributed by atoms with Crippen LogP contribution in [-0.2, 0) is 23.1 Å². The van der Waals surface area contributed by atoms with Crippen LogP contribution in [0.15, 0.2) is 64.5 Å². The van der Waals surface area contributed by atoms with Gasteiger partial charge in [-0.3, -0.25) is 9.89 Å². The minimum Gasteiger partial charge on any atom is -0.352 e. The molecule has 1 aliphatic heterocycles. The van der Waals surface area contributed by atoms with E-state index in [0.29, 0.717) is 18.6 Å². The van der Waals surface area contributed by atoms with Crippen LogP contribution in [0, 0.1) is 0 Å². The predicted octanol–water partition coefficient (Wildman–Crippen LogP) is 2.54. The van der Waals surface area contributed by atoms with Crippen molar-refractivity contribution in [1.29, 1.82) is 0 Å². The van der Waals surface area contributed by atoms with Gasteiger partial charge < -0.3 is 10.6 Å². The van der Waals surface area contributed by atoms with E-state index in [0.717, 1.165) is 31.0 Å². The molecule has 0 spiro atoms. The Morgan fingerprint density at radius 3 is 2.39 bits per heavy atom. The van der Waals surface area contributed by atoms with Crippen molar-refractivity contribution in [1.82, 2.24) is 20.3 Å². The van der Waals surface area contributed by atoms with E-state index >= 15 is 0 Å². The minimum atomic E-state index is -3.41. The van der Waals surface area contributed by atoms with Gasteiger partial charge >= 0.3 is 0 Å². The molecular formula is C22H32IN5O2S. The number of rotatable bonds is 7. The van der Waals surface area contributed by atoms with Crippen LogP contribution in [-0.4, -0.2) is 52.0 Å². The first-order valence-electron chi connectivity index (χ1n) is 10.2. The van der Waals surface area contributed by atoms with Gasteiger partial charge in [0.15, 0.2) is 5.96 Å². The van der Waals surface area contributed by atoms with Gasteiger partial charge in [0, 0.05) is 38.8 Å². The molecule has 1 fully saturated rings. The van der Waals surface area contributed by atoms with Gasteiger partial charge in [-0.05, 0) is 43.7 Å². The highest BCUT2D eigenvalue weighted by Crippen LogP contribution is 2.20. The number of benzene rings is 2. The molecule has 2 aromatic rings. The standard InChI is InChI=1S/C22H31N5O2S.HI/c1-17-13-20(16-27(17)15-19-7-5-4-6-8-19)26-22(23-2)25-14-18-9-11-21(12-10-18)30(28,29)24-3;/h4-12,17,20,24H,13-16H2,1-3H3,(H2,23,25,26);1H. The lowest BCUT2D eigenvalue weighted by Crippen LogP contribution is -2.44. The number of hydrogen-bond donors (Lipinski definition) is 3. The average Bonchev–Trinajstić information content (AvgIpc) is 3.10. The fourth-order valence-corrected chi connectivity index (χ4v) is 4.45. The largest absolute Gasteiger partial charge is 0.352 e. The molecule has 9 heteroatoms. The number of halogens is 1. The summed E-state index contributed by atoms with van der Waals surface area (Å²) in [4.78, 5) is 7.09. The van der Waals surface area contributed by atoms with Crippen LogP contribution >= 0.6 is 24.0 Å². The van der Waals surface area contributed by atoms with Crippen LogP contribution in [0.2, 0.25) is 0 Å². The number of hydrogen-bond acceptors (Lipinski definition) is 4. The molecule has 2 atom stereocenters. The van der Waals surface area contributed by atoms with Crippen molar-refractivity contribution in [3.63, 3.8) is 0 Å². The minimum absolute atomic E-state index is 0. The average molecular weight is 558 g/mol. The molecule has 170 valence electrons. The molecule has 2 aromatic carbocycles. The summed E-state index contributed by atoms with van der Waals surface area (Å²) in [6, 6.07) is 18.2. The Morgan fingerprint density at radius 2 is 1.77 bits per heavy atom. The summed E-state index contributed by atoms with van der Waals surface area (Å²) in [6.07, 6.45) is 1.06. The second-order valence-electron chi connectivity index (χ2n) is 7.62. The highest BCUT2D eigenvalue weighted by molar-refractivity contribution is 14.0. The van der Waals surface area contributed by atoms with Crippen molar-refractivity contribution < 1.29 is 8.42 Å². The van der Waals surface area contributed by atoms with Gasteiger partial charge in [0.1, 0.15) is 0 Å². The van der Waals surface area contributed by atoms with Crippen molar-refractivity contribution in [2.24, 2.45) is 4.99 Å². The van der Waals surface area contributed by atoms with E-state index in [1.807, 2.05) is 18.2 Å². The Labute approximate surface area is 202 Å². The maximum Gasteiger partial charge on any atom is 0.240 e. The van der Waals surface area contributed by atoms with Gasteiger partial charge in [-0.25, -0.2) is 13.1 Å². The molecule has 1 saturated heterocycles. The van der Waals surface area contributed by atoms with Gasteiger partial charge in [-0.15, -0.1) is 24.0 Å². The fraction of sp³-hybridized carbons (Fsp3) is 0.409. The van der Waals surface area contributed by atoms with Crippen LogP contribution < -0.4 is 15.4 Å². The molecule has 1 heterocycles. The van der Waals surface area contributed by atoms with E-state index in [2.05, 4.69) is 56.4 Å². The number of aliphatic imine (C=N–C) groups is 1. The first kappa shape index (κ1) is 25.6. The number of sulfonamides is 1. The summed E-state index contributed by atoms with van der Waals surface area (Å²) in [6.45, 7) is 4.75. The molecule has 1 aliphatic rings. The molecule has 31 heavy (non-hydrogen) atoms. The summed E-state index contributed by atoms with van der Waals surface area (Å²) in [5.41, 5.74) is 2.31. The summed E-state index contributed by atoms with van der Waals surface area (Å²) < 4.78 is 26.0. The third-order valence-corrected chi connectivity index (χ3v) is 6.89. The number of nitrogens with zero attached hydrogens (tertiary/aromatic N) is 2. The van der Waals surface area contributed by atoms with Crippen LogP contribution in [0.1, 0.15) is 24.5 Å². The van der Waals surface area contributed by atoms with Crippen molar-refractivity contribution >= 4 is 40.0 Å². The monoisotopic (exact) mass is 557 g/mol. The maximum atomic E-state index is 11.8. The molecule has 0 bridgehead atoms. The van der Waals surface area contributed by atoms with Gasteiger partial charge in [0.25, 0.3) is 0 Å². The lowest BCUT2D eigenvalue weighted by molar-refractivity contribution is 0.258. The summed E-state index contributed by atoms with van der Waals surface area (Å²) in [5.74, 6) is 0.751. The number of nitrogens with one attached hydrogen (secondary N) is 3. The smallest absolute Gasteiger partial charge is 0.240 e. The van der Waals surface area contributed by atoms with E-state index in [4.69, 9.17) is 0 Å². The molecule has 3 rings (SSSR count). The van der Waals surface area contributed by atoms with Crippen LogP contribution in [0.4, 0.5) is 0 Å².